The summed E-state index contributed by atoms with van der Waals surface area (Å²) in [7, 11) is 0. The maximum absolute atomic E-state index is 12.7. The summed E-state index contributed by atoms with van der Waals surface area (Å²) in [5.74, 6) is 1.00. The number of hydrogen-bond acceptors (Lipinski definition) is 5. The van der Waals surface area contributed by atoms with Crippen molar-refractivity contribution in [2.45, 2.75) is 38.5 Å². The molecule has 3 fully saturated rings. The number of pyridine rings is 1. The number of nitrogens with zero attached hydrogens (tertiary/aromatic N) is 3. The molecule has 30 heavy (non-hydrogen) atoms. The number of carboxylic acid groups (broad SMARTS) is 1. The predicted molar refractivity (Wildman–Crippen MR) is 112 cm³/mol. The van der Waals surface area contributed by atoms with Crippen LogP contribution in [0.2, 0.25) is 0 Å². The van der Waals surface area contributed by atoms with Crippen molar-refractivity contribution in [2.24, 2.45) is 17.8 Å². The van der Waals surface area contributed by atoms with Crippen LogP contribution in [0.25, 0.3) is 0 Å². The second kappa shape index (κ2) is 9.77. The largest absolute Gasteiger partial charge is 0.550 e. The second-order valence-corrected chi connectivity index (χ2v) is 9.26. The van der Waals surface area contributed by atoms with Crippen molar-refractivity contribution < 1.29 is 19.6 Å². The van der Waals surface area contributed by atoms with E-state index >= 15 is 0 Å². The van der Waals surface area contributed by atoms with Crippen LogP contribution >= 0.6 is 0 Å². The Balaban J connectivity index is 1.29. The van der Waals surface area contributed by atoms with Crippen LogP contribution in [0.3, 0.4) is 0 Å². The number of piperidine rings is 1. The lowest BCUT2D eigenvalue weighted by Gasteiger charge is -2.42. The number of piperazine rings is 1. The first-order valence-electron chi connectivity index (χ1n) is 11.6. The Kier molecular flexibility index (Phi) is 6.87. The van der Waals surface area contributed by atoms with E-state index in [1.807, 2.05) is 23.2 Å². The Bertz CT molecular complexity index is 716. The topological polar surface area (TPSA) is 81.0 Å². The molecule has 1 aromatic rings. The third kappa shape index (κ3) is 5.12. The molecule has 0 radical (unpaired) electrons. The van der Waals surface area contributed by atoms with Gasteiger partial charge in [-0.15, -0.1) is 0 Å². The molecule has 0 spiro atoms. The minimum absolute atomic E-state index is 0.124. The number of amides is 1. The van der Waals surface area contributed by atoms with E-state index in [4.69, 9.17) is 0 Å². The van der Waals surface area contributed by atoms with Crippen molar-refractivity contribution in [1.29, 1.82) is 0 Å². The summed E-state index contributed by atoms with van der Waals surface area (Å²) in [4.78, 5) is 34.3. The van der Waals surface area contributed by atoms with Crippen LogP contribution in [0, 0.1) is 17.8 Å². The number of likely N-dealkylation sites (tertiary alicyclic amines) is 1. The van der Waals surface area contributed by atoms with Gasteiger partial charge in [-0.1, -0.05) is 12.5 Å². The van der Waals surface area contributed by atoms with E-state index in [1.54, 1.807) is 4.90 Å². The van der Waals surface area contributed by atoms with Crippen LogP contribution in [0.15, 0.2) is 24.4 Å². The van der Waals surface area contributed by atoms with Crippen LogP contribution in [-0.4, -0.2) is 67.6 Å². The van der Waals surface area contributed by atoms with Gasteiger partial charge in [0.1, 0.15) is 5.82 Å². The number of aromatic nitrogens is 1. The van der Waals surface area contributed by atoms with Gasteiger partial charge < -0.3 is 24.6 Å². The lowest BCUT2D eigenvalue weighted by atomic mass is 9.79. The molecule has 7 heteroatoms. The summed E-state index contributed by atoms with van der Waals surface area (Å²) < 4.78 is 0. The predicted octanol–water partition coefficient (Wildman–Crippen LogP) is -0.419. The van der Waals surface area contributed by atoms with E-state index in [0.717, 1.165) is 77.2 Å². The monoisotopic (exact) mass is 414 g/mol. The molecule has 2 aliphatic heterocycles. The highest BCUT2D eigenvalue weighted by Gasteiger charge is 2.36. The molecule has 3 heterocycles. The average molecular weight is 415 g/mol. The SMILES string of the molecule is O=C([O-])C[C@@H]1CCN(C(=O)C2CCC2)C[C@@H]1CC[NH+]1CCN(c2ccccn2)CC1. The van der Waals surface area contributed by atoms with Crippen molar-refractivity contribution in [2.75, 3.05) is 50.7 Å². The normalized spacial score (nSPS) is 25.7. The highest BCUT2D eigenvalue weighted by atomic mass is 16.4. The fourth-order valence-electron chi connectivity index (χ4n) is 5.24. The number of carboxylic acids is 1. The molecule has 1 aliphatic carbocycles. The molecule has 1 saturated carbocycles. The molecular formula is C23H34N4O3. The first-order valence-corrected chi connectivity index (χ1v) is 11.6. The Hall–Kier alpha value is -2.15. The number of carbonyl (C=O) groups excluding carboxylic acids is 2. The number of rotatable bonds is 7. The fraction of sp³-hybridized carbons (Fsp3) is 0.696. The third-order valence-electron chi connectivity index (χ3n) is 7.40. The maximum atomic E-state index is 12.7. The van der Waals surface area contributed by atoms with Crippen LogP contribution in [0.5, 0.6) is 0 Å². The number of anilines is 1. The van der Waals surface area contributed by atoms with Crippen LogP contribution < -0.4 is 14.9 Å². The van der Waals surface area contributed by atoms with E-state index in [-0.39, 0.29) is 24.2 Å². The molecular weight excluding hydrogens is 380 g/mol. The summed E-state index contributed by atoms with van der Waals surface area (Å²) in [5, 5.41) is 11.3. The summed E-state index contributed by atoms with van der Waals surface area (Å²) in [6, 6.07) is 6.03. The summed E-state index contributed by atoms with van der Waals surface area (Å²) in [6.45, 7) is 6.59. The van der Waals surface area contributed by atoms with Crippen LogP contribution in [0.1, 0.15) is 38.5 Å². The minimum Gasteiger partial charge on any atom is -0.550 e. The zero-order valence-corrected chi connectivity index (χ0v) is 17.8. The zero-order chi connectivity index (χ0) is 20.9. The number of quaternary nitrogens is 1. The Morgan fingerprint density at radius 3 is 2.53 bits per heavy atom. The van der Waals surface area contributed by atoms with Crippen molar-refractivity contribution in [3.63, 3.8) is 0 Å². The van der Waals surface area contributed by atoms with E-state index in [0.29, 0.717) is 12.5 Å². The van der Waals surface area contributed by atoms with Gasteiger partial charge in [0.15, 0.2) is 0 Å². The molecule has 1 N–H and O–H groups in total. The van der Waals surface area contributed by atoms with Gasteiger partial charge in [-0.05, 0) is 49.7 Å². The molecule has 0 unspecified atom stereocenters. The second-order valence-electron chi connectivity index (χ2n) is 9.26. The van der Waals surface area contributed by atoms with Gasteiger partial charge in [0, 0.05) is 37.6 Å². The first kappa shape index (κ1) is 21.1. The summed E-state index contributed by atoms with van der Waals surface area (Å²) >= 11 is 0. The minimum atomic E-state index is -0.958. The van der Waals surface area contributed by atoms with E-state index in [1.165, 1.54) is 0 Å². The van der Waals surface area contributed by atoms with Gasteiger partial charge in [-0.25, -0.2) is 4.98 Å². The highest BCUT2D eigenvalue weighted by Crippen LogP contribution is 2.33. The standard InChI is InChI=1S/C23H34N4O3/c28-22(29)16-19-8-11-27(23(30)18-4-3-5-18)17-20(19)7-10-25-12-14-26(15-13-25)21-6-1-2-9-24-21/h1-2,6,9,18-20H,3-5,7-8,10-17H2,(H,28,29)/t19-,20-/m0/s1. The molecule has 2 saturated heterocycles. The van der Waals surface area contributed by atoms with Gasteiger partial charge in [-0.2, -0.15) is 0 Å². The highest BCUT2D eigenvalue weighted by molar-refractivity contribution is 5.79. The van der Waals surface area contributed by atoms with Crippen molar-refractivity contribution in [1.82, 2.24) is 9.88 Å². The molecule has 1 aromatic heterocycles. The zero-order valence-electron chi connectivity index (χ0n) is 17.8. The lowest BCUT2D eigenvalue weighted by molar-refractivity contribution is -0.901. The van der Waals surface area contributed by atoms with Crippen LogP contribution in [0.4, 0.5) is 5.82 Å². The van der Waals surface area contributed by atoms with Gasteiger partial charge in [-0.3, -0.25) is 4.79 Å². The van der Waals surface area contributed by atoms with Crippen molar-refractivity contribution >= 4 is 17.7 Å². The van der Waals surface area contributed by atoms with E-state index in [9.17, 15) is 14.7 Å². The molecule has 164 valence electrons. The Morgan fingerprint density at radius 2 is 1.90 bits per heavy atom. The smallest absolute Gasteiger partial charge is 0.225 e. The molecule has 7 nitrogen and oxygen atoms in total. The van der Waals surface area contributed by atoms with E-state index in [2.05, 4.69) is 16.0 Å². The third-order valence-corrected chi connectivity index (χ3v) is 7.40. The maximum Gasteiger partial charge on any atom is 0.225 e. The summed E-state index contributed by atoms with van der Waals surface area (Å²) in [6.07, 6.45) is 6.94. The average Bonchev–Trinajstić information content (AvgIpc) is 2.72. The number of nitrogens with one attached hydrogen (secondary N) is 1. The molecule has 0 bridgehead atoms. The number of hydrogen-bond donors (Lipinski definition) is 1. The lowest BCUT2D eigenvalue weighted by Crippen LogP contribution is -3.15. The molecule has 0 aromatic carbocycles. The Labute approximate surface area is 179 Å². The first-order chi connectivity index (χ1) is 14.6. The van der Waals surface area contributed by atoms with E-state index < -0.39 is 5.97 Å². The van der Waals surface area contributed by atoms with Crippen molar-refractivity contribution in [3.05, 3.63) is 24.4 Å². The Morgan fingerprint density at radius 1 is 1.10 bits per heavy atom. The van der Waals surface area contributed by atoms with Crippen molar-refractivity contribution in [3.8, 4) is 0 Å². The van der Waals surface area contributed by atoms with Gasteiger partial charge in [0.2, 0.25) is 5.91 Å². The number of carbonyl (C=O) groups is 2. The number of aliphatic carboxylic acids is 1. The van der Waals surface area contributed by atoms with Gasteiger partial charge in [0.05, 0.1) is 32.7 Å². The molecule has 2 atom stereocenters. The van der Waals surface area contributed by atoms with Gasteiger partial charge in [0.25, 0.3) is 0 Å². The molecule has 4 rings (SSSR count). The fourth-order valence-corrected chi connectivity index (χ4v) is 5.24. The molecule has 3 aliphatic rings. The van der Waals surface area contributed by atoms with Gasteiger partial charge >= 0.3 is 0 Å². The quantitative estimate of drug-likeness (QED) is 0.656. The summed E-state index contributed by atoms with van der Waals surface area (Å²) in [5.41, 5.74) is 0. The molecule has 1 amide bonds. The van der Waals surface area contributed by atoms with Crippen LogP contribution in [-0.2, 0) is 9.59 Å².